The fraction of sp³-hybridized carbons (Fsp3) is 0.444. The van der Waals surface area contributed by atoms with E-state index in [0.717, 1.165) is 16.5 Å². The van der Waals surface area contributed by atoms with Gasteiger partial charge in [0.25, 0.3) is 0 Å². The number of hydrogen-bond donors (Lipinski definition) is 3. The van der Waals surface area contributed by atoms with Crippen molar-refractivity contribution in [1.82, 2.24) is 15.6 Å². The van der Waals surface area contributed by atoms with Gasteiger partial charge in [0.1, 0.15) is 17.5 Å². The molecule has 0 spiro atoms. The minimum Gasteiger partial charge on any atom is -0.444 e. The third kappa shape index (κ3) is 5.48. The van der Waals surface area contributed by atoms with Crippen LogP contribution in [-0.2, 0) is 16.0 Å². The molecule has 2 rings (SSSR count). The highest BCUT2D eigenvalue weighted by Crippen LogP contribution is 2.19. The van der Waals surface area contributed by atoms with Crippen LogP contribution in [0.5, 0.6) is 0 Å². The molecule has 136 valence electrons. The monoisotopic (exact) mass is 349 g/mol. The highest BCUT2D eigenvalue weighted by atomic mass is 19.1. The summed E-state index contributed by atoms with van der Waals surface area (Å²) in [4.78, 5) is 26.7. The number of benzene rings is 1. The summed E-state index contributed by atoms with van der Waals surface area (Å²) in [5.74, 6) is -0.590. The van der Waals surface area contributed by atoms with E-state index in [0.29, 0.717) is 13.0 Å². The molecule has 0 aliphatic heterocycles. The molecule has 3 N–H and O–H groups in total. The summed E-state index contributed by atoms with van der Waals surface area (Å²) >= 11 is 0. The van der Waals surface area contributed by atoms with Gasteiger partial charge in [-0.2, -0.15) is 0 Å². The van der Waals surface area contributed by atoms with Crippen molar-refractivity contribution < 1.29 is 18.7 Å². The average molecular weight is 349 g/mol. The maximum absolute atomic E-state index is 13.2. The Bertz CT molecular complexity index is 765. The van der Waals surface area contributed by atoms with Gasteiger partial charge in [-0.1, -0.05) is 0 Å². The van der Waals surface area contributed by atoms with Gasteiger partial charge in [-0.05, 0) is 57.9 Å². The molecule has 0 radical (unpaired) electrons. The van der Waals surface area contributed by atoms with Crippen LogP contribution in [-0.4, -0.2) is 35.2 Å². The van der Waals surface area contributed by atoms with Crippen molar-refractivity contribution >= 4 is 22.9 Å². The summed E-state index contributed by atoms with van der Waals surface area (Å²) in [5, 5.41) is 6.19. The zero-order valence-corrected chi connectivity index (χ0v) is 14.9. The summed E-state index contributed by atoms with van der Waals surface area (Å²) in [7, 11) is 0. The molecule has 1 aromatic heterocycles. The Morgan fingerprint density at radius 3 is 2.72 bits per heavy atom. The molecule has 0 aliphatic carbocycles. The number of rotatable bonds is 5. The second-order valence-corrected chi connectivity index (χ2v) is 6.91. The largest absolute Gasteiger partial charge is 0.444 e. The Morgan fingerprint density at radius 1 is 1.32 bits per heavy atom. The number of alkyl carbamates (subject to hydrolysis) is 1. The van der Waals surface area contributed by atoms with Crippen molar-refractivity contribution in [3.8, 4) is 0 Å². The number of carbonyl (C=O) groups is 2. The SMILES string of the molecule is C[C@@H](NC(=O)OC(C)(C)C)C(=O)NCCc1c[nH]c2cc(F)ccc12. The zero-order chi connectivity index (χ0) is 18.6. The number of aromatic amines is 1. The standard InChI is InChI=1S/C18H24FN3O3/c1-11(22-17(24)25-18(2,3)4)16(23)20-8-7-12-10-21-15-9-13(19)5-6-14(12)15/h5-6,9-11,21H,7-8H2,1-4H3,(H,20,23)(H,22,24)/t11-/m1/s1. The predicted molar refractivity (Wildman–Crippen MR) is 93.8 cm³/mol. The van der Waals surface area contributed by atoms with Crippen LogP contribution in [0.3, 0.4) is 0 Å². The maximum Gasteiger partial charge on any atom is 0.408 e. The third-order valence-electron chi connectivity index (χ3n) is 3.55. The normalized spacial score (nSPS) is 12.7. The van der Waals surface area contributed by atoms with Crippen LogP contribution >= 0.6 is 0 Å². The number of H-pyrrole nitrogens is 1. The highest BCUT2D eigenvalue weighted by Gasteiger charge is 2.20. The topological polar surface area (TPSA) is 83.2 Å². The molecule has 0 saturated heterocycles. The summed E-state index contributed by atoms with van der Waals surface area (Å²) in [5.41, 5.74) is 1.10. The maximum atomic E-state index is 13.2. The molecule has 0 saturated carbocycles. The number of nitrogens with one attached hydrogen (secondary N) is 3. The highest BCUT2D eigenvalue weighted by molar-refractivity contribution is 5.85. The van der Waals surface area contributed by atoms with E-state index in [1.54, 1.807) is 40.0 Å². The molecule has 6 nitrogen and oxygen atoms in total. The van der Waals surface area contributed by atoms with E-state index in [9.17, 15) is 14.0 Å². The van der Waals surface area contributed by atoms with E-state index in [1.807, 2.05) is 0 Å². The molecule has 1 atom stereocenters. The molecule has 2 aromatic rings. The number of fused-ring (bicyclic) bond motifs is 1. The molecule has 0 unspecified atom stereocenters. The van der Waals surface area contributed by atoms with Gasteiger partial charge in [-0.15, -0.1) is 0 Å². The Balaban J connectivity index is 1.82. The van der Waals surface area contributed by atoms with E-state index in [4.69, 9.17) is 4.74 Å². The first-order valence-corrected chi connectivity index (χ1v) is 8.18. The van der Waals surface area contributed by atoms with Gasteiger partial charge in [-0.3, -0.25) is 4.79 Å². The average Bonchev–Trinajstić information content (AvgIpc) is 2.87. The molecular formula is C18H24FN3O3. The molecule has 0 fully saturated rings. The first-order valence-electron chi connectivity index (χ1n) is 8.18. The van der Waals surface area contributed by atoms with Crippen LogP contribution in [0.25, 0.3) is 10.9 Å². The number of amides is 2. The number of halogens is 1. The Hall–Kier alpha value is -2.57. The lowest BCUT2D eigenvalue weighted by Crippen LogP contribution is -2.46. The molecule has 0 aliphatic rings. The van der Waals surface area contributed by atoms with Crippen molar-refractivity contribution in [3.05, 3.63) is 35.8 Å². The van der Waals surface area contributed by atoms with Crippen LogP contribution in [0.4, 0.5) is 9.18 Å². The van der Waals surface area contributed by atoms with Crippen molar-refractivity contribution in [3.63, 3.8) is 0 Å². The van der Waals surface area contributed by atoms with E-state index >= 15 is 0 Å². The lowest BCUT2D eigenvalue weighted by atomic mass is 10.1. The molecule has 0 bridgehead atoms. The Kier molecular flexibility index (Phi) is 5.66. The molecule has 2 amide bonds. The second kappa shape index (κ2) is 7.55. The minimum atomic E-state index is -0.702. The van der Waals surface area contributed by atoms with Crippen molar-refractivity contribution in [2.75, 3.05) is 6.54 Å². The van der Waals surface area contributed by atoms with E-state index in [-0.39, 0.29) is 11.7 Å². The number of carbonyl (C=O) groups excluding carboxylic acids is 2. The van der Waals surface area contributed by atoms with Crippen molar-refractivity contribution in [2.24, 2.45) is 0 Å². The quantitative estimate of drug-likeness (QED) is 0.776. The number of ether oxygens (including phenoxy) is 1. The second-order valence-electron chi connectivity index (χ2n) is 6.91. The fourth-order valence-electron chi connectivity index (χ4n) is 2.39. The summed E-state index contributed by atoms with van der Waals surface area (Å²) < 4.78 is 18.3. The van der Waals surface area contributed by atoms with Crippen LogP contribution in [0.2, 0.25) is 0 Å². The van der Waals surface area contributed by atoms with Gasteiger partial charge < -0.3 is 20.4 Å². The van der Waals surface area contributed by atoms with Crippen LogP contribution in [0.15, 0.2) is 24.4 Å². The zero-order valence-electron chi connectivity index (χ0n) is 14.9. The summed E-state index contributed by atoms with van der Waals surface area (Å²) in [6.45, 7) is 7.26. The van der Waals surface area contributed by atoms with Crippen LogP contribution < -0.4 is 10.6 Å². The van der Waals surface area contributed by atoms with Gasteiger partial charge in [0.05, 0.1) is 0 Å². The molecular weight excluding hydrogens is 325 g/mol. The summed E-state index contributed by atoms with van der Waals surface area (Å²) in [6.07, 6.45) is 1.77. The van der Waals surface area contributed by atoms with Crippen molar-refractivity contribution in [2.45, 2.75) is 45.8 Å². The minimum absolute atomic E-state index is 0.295. The number of hydrogen-bond acceptors (Lipinski definition) is 3. The molecule has 1 aromatic carbocycles. The Morgan fingerprint density at radius 2 is 2.04 bits per heavy atom. The third-order valence-corrected chi connectivity index (χ3v) is 3.55. The van der Waals surface area contributed by atoms with Crippen LogP contribution in [0, 0.1) is 5.82 Å². The van der Waals surface area contributed by atoms with Gasteiger partial charge in [0.2, 0.25) is 5.91 Å². The number of aromatic nitrogens is 1. The lowest BCUT2D eigenvalue weighted by Gasteiger charge is -2.21. The lowest BCUT2D eigenvalue weighted by molar-refractivity contribution is -0.122. The first-order chi connectivity index (χ1) is 11.7. The Labute approximate surface area is 146 Å². The first kappa shape index (κ1) is 18.8. The summed E-state index contributed by atoms with van der Waals surface area (Å²) in [6, 6.07) is 3.85. The van der Waals surface area contributed by atoms with Gasteiger partial charge in [0.15, 0.2) is 0 Å². The smallest absolute Gasteiger partial charge is 0.408 e. The van der Waals surface area contributed by atoms with Gasteiger partial charge in [0, 0.05) is 23.6 Å². The predicted octanol–water partition coefficient (Wildman–Crippen LogP) is 2.88. The van der Waals surface area contributed by atoms with E-state index < -0.39 is 17.7 Å². The molecule has 7 heteroatoms. The molecule has 25 heavy (non-hydrogen) atoms. The van der Waals surface area contributed by atoms with E-state index in [2.05, 4.69) is 15.6 Å². The van der Waals surface area contributed by atoms with Crippen LogP contribution in [0.1, 0.15) is 33.3 Å². The van der Waals surface area contributed by atoms with Crippen molar-refractivity contribution in [1.29, 1.82) is 0 Å². The van der Waals surface area contributed by atoms with Gasteiger partial charge >= 0.3 is 6.09 Å². The fourth-order valence-corrected chi connectivity index (χ4v) is 2.39. The molecule has 1 heterocycles. The van der Waals surface area contributed by atoms with Gasteiger partial charge in [-0.25, -0.2) is 9.18 Å². The van der Waals surface area contributed by atoms with E-state index in [1.165, 1.54) is 12.1 Å².